The van der Waals surface area contributed by atoms with Gasteiger partial charge in [-0.15, -0.1) is 0 Å². The Labute approximate surface area is 89.4 Å². The Morgan fingerprint density at radius 3 is 2.87 bits per heavy atom. The van der Waals surface area contributed by atoms with Gasteiger partial charge in [-0.05, 0) is 13.3 Å². The molecule has 1 rings (SSSR count). The molecule has 1 aliphatic rings. The minimum absolute atomic E-state index is 0.00380. The quantitative estimate of drug-likeness (QED) is 0.656. The lowest BCUT2D eigenvalue weighted by molar-refractivity contribution is -0.137. The molecule has 2 amide bonds. The molecule has 1 heterocycles. The summed E-state index contributed by atoms with van der Waals surface area (Å²) in [7, 11) is 1.67. The Balaban J connectivity index is 2.42. The average Bonchev–Trinajstić information content (AvgIpc) is 2.17. The molecule has 0 aromatic heterocycles. The van der Waals surface area contributed by atoms with Crippen molar-refractivity contribution < 1.29 is 14.7 Å². The molecule has 0 radical (unpaired) electrons. The maximum Gasteiger partial charge on any atom is 0.227 e. The maximum absolute atomic E-state index is 11.8. The monoisotopic (exact) mass is 214 g/mol. The molecule has 15 heavy (non-hydrogen) atoms. The maximum atomic E-state index is 11.8. The van der Waals surface area contributed by atoms with Crippen molar-refractivity contribution in [3.63, 3.8) is 0 Å². The lowest BCUT2D eigenvalue weighted by Crippen LogP contribution is -2.45. The van der Waals surface area contributed by atoms with Crippen molar-refractivity contribution in [2.75, 3.05) is 20.1 Å². The fraction of sp³-hybridized carbons (Fsp3) is 0.800. The summed E-state index contributed by atoms with van der Waals surface area (Å²) in [5.41, 5.74) is 0. The first-order valence-corrected chi connectivity index (χ1v) is 5.20. The van der Waals surface area contributed by atoms with Gasteiger partial charge in [0.1, 0.15) is 0 Å². The van der Waals surface area contributed by atoms with E-state index in [0.29, 0.717) is 25.9 Å². The van der Waals surface area contributed by atoms with E-state index in [1.165, 1.54) is 4.90 Å². The average molecular weight is 214 g/mol. The summed E-state index contributed by atoms with van der Waals surface area (Å²) in [4.78, 5) is 24.2. The molecule has 1 fully saturated rings. The highest BCUT2D eigenvalue weighted by molar-refractivity contribution is 5.83. The third-order valence-electron chi connectivity index (χ3n) is 2.53. The molecule has 2 unspecified atom stereocenters. The minimum atomic E-state index is -0.517. The number of hydrogen-bond acceptors (Lipinski definition) is 3. The van der Waals surface area contributed by atoms with Crippen LogP contribution in [-0.4, -0.2) is 48.1 Å². The third-order valence-corrected chi connectivity index (χ3v) is 2.53. The highest BCUT2D eigenvalue weighted by atomic mass is 16.3. The Morgan fingerprint density at radius 1 is 1.73 bits per heavy atom. The van der Waals surface area contributed by atoms with Crippen LogP contribution in [0, 0.1) is 5.92 Å². The molecule has 1 aliphatic heterocycles. The van der Waals surface area contributed by atoms with E-state index in [-0.39, 0.29) is 17.7 Å². The number of rotatable bonds is 3. The summed E-state index contributed by atoms with van der Waals surface area (Å²) in [6.07, 6.45) is 0.505. The number of aliphatic hydroxyl groups excluding tert-OH is 1. The van der Waals surface area contributed by atoms with Crippen LogP contribution >= 0.6 is 0 Å². The Hall–Kier alpha value is -1.10. The van der Waals surface area contributed by atoms with E-state index < -0.39 is 6.10 Å². The summed E-state index contributed by atoms with van der Waals surface area (Å²) in [6, 6.07) is 0. The normalized spacial score (nSPS) is 23.1. The molecule has 1 saturated heterocycles. The van der Waals surface area contributed by atoms with E-state index in [2.05, 4.69) is 5.32 Å². The molecule has 5 nitrogen and oxygen atoms in total. The van der Waals surface area contributed by atoms with Crippen molar-refractivity contribution >= 4 is 11.8 Å². The van der Waals surface area contributed by atoms with Crippen LogP contribution in [0.1, 0.15) is 19.8 Å². The largest absolute Gasteiger partial charge is 0.392 e. The Bertz CT molecular complexity index is 243. The van der Waals surface area contributed by atoms with E-state index in [1.54, 1.807) is 14.0 Å². The standard InChI is InChI=1S/C10H18N2O3/c1-7(13)6-12(2)10(15)8-3-4-9(14)11-5-8/h7-8,13H,3-6H2,1-2H3,(H,11,14). The van der Waals surface area contributed by atoms with Crippen LogP contribution in [0.25, 0.3) is 0 Å². The van der Waals surface area contributed by atoms with Crippen molar-refractivity contribution in [3.05, 3.63) is 0 Å². The van der Waals surface area contributed by atoms with Crippen LogP contribution in [0.2, 0.25) is 0 Å². The van der Waals surface area contributed by atoms with Crippen molar-refractivity contribution in [1.29, 1.82) is 0 Å². The molecule has 5 heteroatoms. The van der Waals surface area contributed by atoms with Crippen molar-refractivity contribution in [2.45, 2.75) is 25.9 Å². The second-order valence-electron chi connectivity index (χ2n) is 4.11. The number of piperidine rings is 1. The second kappa shape index (κ2) is 5.11. The molecule has 2 atom stereocenters. The number of amides is 2. The predicted molar refractivity (Wildman–Crippen MR) is 55.1 cm³/mol. The first kappa shape index (κ1) is 12.0. The molecular formula is C10H18N2O3. The van der Waals surface area contributed by atoms with E-state index in [4.69, 9.17) is 5.11 Å². The zero-order valence-electron chi connectivity index (χ0n) is 9.19. The molecule has 0 saturated carbocycles. The molecule has 2 N–H and O–H groups in total. The summed E-state index contributed by atoms with van der Waals surface area (Å²) in [5.74, 6) is -0.125. The Kier molecular flexibility index (Phi) is 4.08. The molecule has 0 aromatic rings. The van der Waals surface area contributed by atoms with Gasteiger partial charge in [-0.25, -0.2) is 0 Å². The van der Waals surface area contributed by atoms with Crippen LogP contribution in [0.4, 0.5) is 0 Å². The van der Waals surface area contributed by atoms with E-state index in [0.717, 1.165) is 0 Å². The zero-order chi connectivity index (χ0) is 11.4. The van der Waals surface area contributed by atoms with Gasteiger partial charge in [-0.1, -0.05) is 0 Å². The first-order chi connectivity index (χ1) is 7.00. The van der Waals surface area contributed by atoms with E-state index >= 15 is 0 Å². The number of nitrogens with zero attached hydrogens (tertiary/aromatic N) is 1. The van der Waals surface area contributed by atoms with Crippen LogP contribution < -0.4 is 5.32 Å². The van der Waals surface area contributed by atoms with E-state index in [9.17, 15) is 9.59 Å². The van der Waals surface area contributed by atoms with Crippen LogP contribution in [-0.2, 0) is 9.59 Å². The lowest BCUT2D eigenvalue weighted by atomic mass is 9.98. The third kappa shape index (κ3) is 3.51. The van der Waals surface area contributed by atoms with Gasteiger partial charge in [-0.2, -0.15) is 0 Å². The van der Waals surface area contributed by atoms with Crippen LogP contribution in [0.3, 0.4) is 0 Å². The highest BCUT2D eigenvalue weighted by Gasteiger charge is 2.26. The number of aliphatic hydroxyl groups is 1. The molecule has 86 valence electrons. The van der Waals surface area contributed by atoms with Gasteiger partial charge in [0.15, 0.2) is 0 Å². The van der Waals surface area contributed by atoms with Crippen molar-refractivity contribution in [2.24, 2.45) is 5.92 Å². The highest BCUT2D eigenvalue weighted by Crippen LogP contribution is 2.13. The van der Waals surface area contributed by atoms with Gasteiger partial charge in [-0.3, -0.25) is 9.59 Å². The first-order valence-electron chi connectivity index (χ1n) is 5.20. The summed E-state index contributed by atoms with van der Waals surface area (Å²) in [5, 5.41) is 11.8. The van der Waals surface area contributed by atoms with Gasteiger partial charge in [0.25, 0.3) is 0 Å². The van der Waals surface area contributed by atoms with Gasteiger partial charge < -0.3 is 15.3 Å². The minimum Gasteiger partial charge on any atom is -0.392 e. The number of carbonyl (C=O) groups is 2. The molecule has 0 bridgehead atoms. The number of nitrogens with one attached hydrogen (secondary N) is 1. The fourth-order valence-electron chi connectivity index (χ4n) is 1.74. The topological polar surface area (TPSA) is 69.6 Å². The lowest BCUT2D eigenvalue weighted by Gasteiger charge is -2.27. The molecule has 0 aromatic carbocycles. The van der Waals surface area contributed by atoms with Crippen LogP contribution in [0.5, 0.6) is 0 Å². The SMILES string of the molecule is CC(O)CN(C)C(=O)C1CCC(=O)NC1. The van der Waals surface area contributed by atoms with Crippen LogP contribution in [0.15, 0.2) is 0 Å². The van der Waals surface area contributed by atoms with Gasteiger partial charge in [0, 0.05) is 26.6 Å². The van der Waals surface area contributed by atoms with Gasteiger partial charge in [0.05, 0.1) is 12.0 Å². The zero-order valence-corrected chi connectivity index (χ0v) is 9.19. The Morgan fingerprint density at radius 2 is 2.40 bits per heavy atom. The molecular weight excluding hydrogens is 196 g/mol. The molecule has 0 spiro atoms. The summed E-state index contributed by atoms with van der Waals surface area (Å²) < 4.78 is 0. The number of carbonyl (C=O) groups excluding carboxylic acids is 2. The summed E-state index contributed by atoms with van der Waals surface area (Å²) >= 11 is 0. The molecule has 0 aliphatic carbocycles. The summed E-state index contributed by atoms with van der Waals surface area (Å²) in [6.45, 7) is 2.40. The fourth-order valence-corrected chi connectivity index (χ4v) is 1.74. The number of hydrogen-bond donors (Lipinski definition) is 2. The smallest absolute Gasteiger partial charge is 0.227 e. The predicted octanol–water partition coefficient (Wildman–Crippen LogP) is -0.648. The second-order valence-corrected chi connectivity index (χ2v) is 4.11. The van der Waals surface area contributed by atoms with Gasteiger partial charge >= 0.3 is 0 Å². The van der Waals surface area contributed by atoms with Crippen molar-refractivity contribution in [3.8, 4) is 0 Å². The van der Waals surface area contributed by atoms with E-state index in [1.807, 2.05) is 0 Å². The van der Waals surface area contributed by atoms with Gasteiger partial charge in [0.2, 0.25) is 11.8 Å². The van der Waals surface area contributed by atoms with Crippen molar-refractivity contribution in [1.82, 2.24) is 10.2 Å². The number of likely N-dealkylation sites (N-methyl/N-ethyl adjacent to an activating group) is 1.